The van der Waals surface area contributed by atoms with Gasteiger partial charge in [0.25, 0.3) is 0 Å². The Morgan fingerprint density at radius 2 is 2.28 bits per heavy atom. The summed E-state index contributed by atoms with van der Waals surface area (Å²) in [7, 11) is 1.51. The van der Waals surface area contributed by atoms with Gasteiger partial charge in [-0.25, -0.2) is 4.79 Å². The molecular weight excluding hydrogens is 252 g/mol. The summed E-state index contributed by atoms with van der Waals surface area (Å²) in [4.78, 5) is 24.5. The van der Waals surface area contributed by atoms with E-state index in [0.29, 0.717) is 6.54 Å². The molecule has 96 valence electrons. The van der Waals surface area contributed by atoms with Gasteiger partial charge in [0.15, 0.2) is 0 Å². The van der Waals surface area contributed by atoms with Crippen LogP contribution >= 0.6 is 11.8 Å². The van der Waals surface area contributed by atoms with Gasteiger partial charge in [-0.2, -0.15) is 0 Å². The van der Waals surface area contributed by atoms with Gasteiger partial charge < -0.3 is 15.3 Å². The number of nitrogens with one attached hydrogen (secondary N) is 1. The van der Waals surface area contributed by atoms with Gasteiger partial charge in [0, 0.05) is 18.5 Å². The van der Waals surface area contributed by atoms with Gasteiger partial charge in [0.05, 0.1) is 10.9 Å². The molecule has 0 saturated heterocycles. The number of benzene rings is 1. The Labute approximate surface area is 109 Å². The molecule has 0 spiro atoms. The fourth-order valence-electron chi connectivity index (χ4n) is 1.70. The van der Waals surface area contributed by atoms with Crippen LogP contribution in [0.4, 0.5) is 10.5 Å². The third-order valence-corrected chi connectivity index (χ3v) is 3.90. The zero-order chi connectivity index (χ0) is 13.3. The minimum Gasteiger partial charge on any atom is -0.465 e. The fourth-order valence-corrected chi connectivity index (χ4v) is 2.63. The first-order valence-electron chi connectivity index (χ1n) is 5.52. The Morgan fingerprint density at radius 1 is 1.56 bits per heavy atom. The minimum atomic E-state index is -0.972. The first-order valence-corrected chi connectivity index (χ1v) is 6.40. The minimum absolute atomic E-state index is 0.0174. The number of hydrogen-bond donors (Lipinski definition) is 2. The molecule has 1 aliphatic rings. The van der Waals surface area contributed by atoms with Crippen LogP contribution < -0.4 is 5.32 Å². The van der Waals surface area contributed by atoms with Crippen molar-refractivity contribution in [3.63, 3.8) is 0 Å². The average molecular weight is 266 g/mol. The van der Waals surface area contributed by atoms with E-state index in [0.717, 1.165) is 16.1 Å². The van der Waals surface area contributed by atoms with Crippen LogP contribution in [0.2, 0.25) is 0 Å². The van der Waals surface area contributed by atoms with Crippen LogP contribution in [-0.2, 0) is 11.3 Å². The molecule has 1 atom stereocenters. The molecule has 1 aromatic rings. The van der Waals surface area contributed by atoms with Crippen molar-refractivity contribution in [2.24, 2.45) is 0 Å². The highest BCUT2D eigenvalue weighted by Gasteiger charge is 2.23. The van der Waals surface area contributed by atoms with Crippen LogP contribution in [0.1, 0.15) is 12.5 Å². The normalized spacial score (nSPS) is 17.9. The molecule has 0 aromatic heterocycles. The molecule has 0 aliphatic carbocycles. The molecule has 1 unspecified atom stereocenters. The lowest BCUT2D eigenvalue weighted by Crippen LogP contribution is -2.27. The summed E-state index contributed by atoms with van der Waals surface area (Å²) in [6.45, 7) is 2.16. The number of carbonyl (C=O) groups is 2. The second-order valence-electron chi connectivity index (χ2n) is 4.22. The first kappa shape index (κ1) is 12.8. The van der Waals surface area contributed by atoms with Crippen LogP contribution in [0.25, 0.3) is 0 Å². The van der Waals surface area contributed by atoms with Crippen molar-refractivity contribution in [2.75, 3.05) is 12.4 Å². The van der Waals surface area contributed by atoms with E-state index in [1.54, 1.807) is 0 Å². The summed E-state index contributed by atoms with van der Waals surface area (Å²) in [5.74, 6) is -0.0174. The summed E-state index contributed by atoms with van der Waals surface area (Å²) in [6, 6.07) is 5.63. The zero-order valence-electron chi connectivity index (χ0n) is 10.1. The van der Waals surface area contributed by atoms with Crippen LogP contribution in [0, 0.1) is 0 Å². The molecule has 0 saturated carbocycles. The number of carbonyl (C=O) groups excluding carboxylic acids is 1. The number of carboxylic acid groups (broad SMARTS) is 1. The van der Waals surface area contributed by atoms with Crippen molar-refractivity contribution in [1.29, 1.82) is 0 Å². The second-order valence-corrected chi connectivity index (χ2v) is 5.60. The molecule has 0 bridgehead atoms. The van der Waals surface area contributed by atoms with E-state index in [4.69, 9.17) is 5.11 Å². The van der Waals surface area contributed by atoms with Crippen LogP contribution in [-0.4, -0.2) is 34.3 Å². The Hall–Kier alpha value is -1.69. The number of fused-ring (bicyclic) bond motifs is 1. The van der Waals surface area contributed by atoms with E-state index in [2.05, 4.69) is 5.32 Å². The Balaban J connectivity index is 2.20. The molecule has 1 aromatic carbocycles. The molecule has 2 N–H and O–H groups in total. The molecule has 18 heavy (non-hydrogen) atoms. The third kappa shape index (κ3) is 2.59. The molecule has 0 radical (unpaired) electrons. The van der Waals surface area contributed by atoms with Crippen molar-refractivity contribution >= 4 is 29.4 Å². The smallest absolute Gasteiger partial charge is 0.407 e. The number of anilines is 1. The van der Waals surface area contributed by atoms with Gasteiger partial charge in [-0.1, -0.05) is 6.07 Å². The molecule has 1 aliphatic heterocycles. The largest absolute Gasteiger partial charge is 0.465 e. The summed E-state index contributed by atoms with van der Waals surface area (Å²) in [5, 5.41) is 11.5. The van der Waals surface area contributed by atoms with Crippen LogP contribution in [0.15, 0.2) is 23.1 Å². The average Bonchev–Trinajstić information content (AvgIpc) is 2.31. The summed E-state index contributed by atoms with van der Waals surface area (Å²) < 4.78 is 0. The fraction of sp³-hybridized carbons (Fsp3) is 0.333. The lowest BCUT2D eigenvalue weighted by atomic mass is 10.2. The first-order chi connectivity index (χ1) is 8.47. The molecule has 0 fully saturated rings. The third-order valence-electron chi connectivity index (χ3n) is 2.72. The van der Waals surface area contributed by atoms with E-state index >= 15 is 0 Å². The lowest BCUT2D eigenvalue weighted by Gasteiger charge is -2.22. The summed E-state index contributed by atoms with van der Waals surface area (Å²) in [6.07, 6.45) is -0.972. The lowest BCUT2D eigenvalue weighted by molar-refractivity contribution is -0.115. The van der Waals surface area contributed by atoms with Crippen molar-refractivity contribution < 1.29 is 14.7 Å². The van der Waals surface area contributed by atoms with E-state index in [1.807, 2.05) is 25.1 Å². The molecule has 2 rings (SSSR count). The van der Waals surface area contributed by atoms with Crippen molar-refractivity contribution in [3.05, 3.63) is 23.8 Å². The van der Waals surface area contributed by atoms with Gasteiger partial charge in [-0.15, -0.1) is 11.8 Å². The van der Waals surface area contributed by atoms with Gasteiger partial charge >= 0.3 is 6.09 Å². The maximum Gasteiger partial charge on any atom is 0.407 e. The Kier molecular flexibility index (Phi) is 3.47. The summed E-state index contributed by atoms with van der Waals surface area (Å²) >= 11 is 1.51. The van der Waals surface area contributed by atoms with E-state index in [1.165, 1.54) is 23.7 Å². The molecule has 2 amide bonds. The van der Waals surface area contributed by atoms with Crippen LogP contribution in [0.3, 0.4) is 0 Å². The highest BCUT2D eigenvalue weighted by Crippen LogP contribution is 2.36. The summed E-state index contributed by atoms with van der Waals surface area (Å²) in [5.41, 5.74) is 1.62. The maximum atomic E-state index is 11.6. The van der Waals surface area contributed by atoms with Crippen molar-refractivity contribution in [1.82, 2.24) is 4.90 Å². The number of rotatable bonds is 2. The monoisotopic (exact) mass is 266 g/mol. The van der Waals surface area contributed by atoms with Gasteiger partial charge in [-0.3, -0.25) is 4.79 Å². The topological polar surface area (TPSA) is 69.6 Å². The predicted octanol–water partition coefficient (Wildman–Crippen LogP) is 2.23. The zero-order valence-corrected chi connectivity index (χ0v) is 11.0. The van der Waals surface area contributed by atoms with Crippen molar-refractivity contribution in [2.45, 2.75) is 23.6 Å². The number of hydrogen-bond acceptors (Lipinski definition) is 3. The van der Waals surface area contributed by atoms with Gasteiger partial charge in [0.2, 0.25) is 5.91 Å². The van der Waals surface area contributed by atoms with E-state index < -0.39 is 6.09 Å². The quantitative estimate of drug-likeness (QED) is 0.861. The molecule has 5 nitrogen and oxygen atoms in total. The highest BCUT2D eigenvalue weighted by atomic mass is 32.2. The number of amides is 2. The van der Waals surface area contributed by atoms with Gasteiger partial charge in [0.1, 0.15) is 0 Å². The second kappa shape index (κ2) is 4.89. The van der Waals surface area contributed by atoms with E-state index in [9.17, 15) is 9.59 Å². The van der Waals surface area contributed by atoms with Crippen LogP contribution in [0.5, 0.6) is 0 Å². The molecule has 1 heterocycles. The van der Waals surface area contributed by atoms with E-state index in [-0.39, 0.29) is 11.2 Å². The SMILES string of the molecule is CC1Sc2ccc(CN(C)C(=O)O)cc2NC1=O. The number of nitrogens with zero attached hydrogens (tertiary/aromatic N) is 1. The van der Waals surface area contributed by atoms with Crippen molar-refractivity contribution in [3.8, 4) is 0 Å². The predicted molar refractivity (Wildman–Crippen MR) is 69.9 cm³/mol. The molecular formula is C12H14N2O3S. The Bertz CT molecular complexity index is 504. The standard InChI is InChI=1S/C12H14N2O3S/c1-7-11(15)13-9-5-8(3-4-10(9)18-7)6-14(2)12(16)17/h3-5,7H,6H2,1-2H3,(H,13,15)(H,16,17). The Morgan fingerprint density at radius 3 is 2.94 bits per heavy atom. The maximum absolute atomic E-state index is 11.6. The van der Waals surface area contributed by atoms with Gasteiger partial charge in [-0.05, 0) is 24.6 Å². The highest BCUT2D eigenvalue weighted by molar-refractivity contribution is 8.00. The molecule has 6 heteroatoms. The number of thioether (sulfide) groups is 1.